The second-order valence-electron chi connectivity index (χ2n) is 9.12. The van der Waals surface area contributed by atoms with Crippen molar-refractivity contribution in [2.75, 3.05) is 19.7 Å². The minimum atomic E-state index is -0.197. The summed E-state index contributed by atoms with van der Waals surface area (Å²) < 4.78 is 6.17. The predicted octanol–water partition coefficient (Wildman–Crippen LogP) is 8.62. The highest BCUT2D eigenvalue weighted by atomic mass is 79.9. The zero-order chi connectivity index (χ0) is 26.0. The van der Waals surface area contributed by atoms with E-state index in [0.29, 0.717) is 17.4 Å². The molecule has 2 heterocycles. The van der Waals surface area contributed by atoms with Crippen LogP contribution >= 0.6 is 43.5 Å². The smallest absolute Gasteiger partial charge is 0.409 e. The first-order valence-corrected chi connectivity index (χ1v) is 15.1. The van der Waals surface area contributed by atoms with E-state index >= 15 is 0 Å². The number of alkyl halides is 1. The highest BCUT2D eigenvalue weighted by molar-refractivity contribution is 9.10. The second kappa shape index (κ2) is 15.3. The number of halogens is 3. The Balaban J connectivity index is 0.00000137. The van der Waals surface area contributed by atoms with Crippen LogP contribution in [0.4, 0.5) is 4.79 Å². The number of piperidine rings is 1. The average molecular weight is 633 g/mol. The van der Waals surface area contributed by atoms with E-state index < -0.39 is 0 Å². The molecule has 7 heteroatoms. The van der Waals surface area contributed by atoms with E-state index in [4.69, 9.17) is 16.3 Å². The Morgan fingerprint density at radius 2 is 1.86 bits per heavy atom. The molecule has 0 radical (unpaired) electrons. The number of likely N-dealkylation sites (tertiary alicyclic amines) is 1. The lowest BCUT2D eigenvalue weighted by molar-refractivity contribution is 0.0874. The Morgan fingerprint density at radius 1 is 1.20 bits per heavy atom. The Bertz CT molecular complexity index is 882. The van der Waals surface area contributed by atoms with Crippen LogP contribution in [0, 0.1) is 5.92 Å². The number of nitrogens with zero attached hydrogens (tertiary/aromatic N) is 1. The zero-order valence-electron chi connectivity index (χ0n) is 21.8. The van der Waals surface area contributed by atoms with Gasteiger partial charge in [-0.25, -0.2) is 4.79 Å². The highest BCUT2D eigenvalue weighted by Crippen LogP contribution is 2.43. The lowest BCUT2D eigenvalue weighted by Crippen LogP contribution is -2.45. The van der Waals surface area contributed by atoms with Crippen LogP contribution in [0.3, 0.4) is 0 Å². The number of carbonyl (C=O) groups is 1. The molecule has 0 saturated carbocycles. The molecule has 3 rings (SSSR count). The summed E-state index contributed by atoms with van der Waals surface area (Å²) in [6.07, 6.45) is 11.3. The Morgan fingerprint density at radius 3 is 2.43 bits per heavy atom. The van der Waals surface area contributed by atoms with Crippen molar-refractivity contribution in [3.63, 3.8) is 0 Å². The van der Waals surface area contributed by atoms with Crippen molar-refractivity contribution in [1.29, 1.82) is 0 Å². The van der Waals surface area contributed by atoms with Crippen LogP contribution < -0.4 is 5.32 Å². The molecule has 35 heavy (non-hydrogen) atoms. The standard InChI is InChI=1S/C25H33Br2ClN2O2.C3H8/c1-4-16-14-22(28)21(27)15-19(16)23(24-18(20(26)5-2)8-7-11-29-24)17-9-12-30(13-10-17)25(31)32-6-3;1-3-2/h7-8,11,14-15,17,20,23-24,29H,4-6,9-10,12-13H2,1-3H3;3H2,1-2H3. The van der Waals surface area contributed by atoms with Crippen molar-refractivity contribution in [1.82, 2.24) is 10.2 Å². The first-order valence-electron chi connectivity index (χ1n) is 13.0. The fraction of sp³-hybridized carbons (Fsp3) is 0.607. The Labute approximate surface area is 234 Å². The van der Waals surface area contributed by atoms with Gasteiger partial charge in [-0.15, -0.1) is 0 Å². The molecule has 3 unspecified atom stereocenters. The van der Waals surface area contributed by atoms with Gasteiger partial charge < -0.3 is 15.0 Å². The summed E-state index contributed by atoms with van der Waals surface area (Å²) >= 11 is 14.1. The van der Waals surface area contributed by atoms with Crippen molar-refractivity contribution < 1.29 is 9.53 Å². The first kappa shape index (κ1) is 30.2. The number of allylic oxidation sites excluding steroid dienone is 2. The largest absolute Gasteiger partial charge is 0.450 e. The van der Waals surface area contributed by atoms with E-state index in [1.807, 2.05) is 11.8 Å². The molecule has 1 saturated heterocycles. The number of carbonyl (C=O) groups excluding carboxylic acids is 1. The molecule has 3 atom stereocenters. The van der Waals surface area contributed by atoms with Crippen LogP contribution in [0.1, 0.15) is 77.3 Å². The average Bonchev–Trinajstić information content (AvgIpc) is 2.87. The molecular weight excluding hydrogens is 592 g/mol. The fourth-order valence-electron chi connectivity index (χ4n) is 4.95. The van der Waals surface area contributed by atoms with E-state index in [2.05, 4.69) is 95.4 Å². The maximum absolute atomic E-state index is 12.3. The van der Waals surface area contributed by atoms with Gasteiger partial charge in [0.05, 0.1) is 17.7 Å². The molecule has 1 fully saturated rings. The van der Waals surface area contributed by atoms with E-state index in [1.165, 1.54) is 23.1 Å². The molecule has 0 spiro atoms. The molecule has 196 valence electrons. The molecule has 1 aromatic rings. The van der Waals surface area contributed by atoms with Gasteiger partial charge in [-0.1, -0.05) is 67.7 Å². The number of benzene rings is 1. The summed E-state index contributed by atoms with van der Waals surface area (Å²) in [5, 5.41) is 4.44. The lowest BCUT2D eigenvalue weighted by Gasteiger charge is -2.42. The Kier molecular flexibility index (Phi) is 13.2. The Hall–Kier alpha value is -0.980. The number of ether oxygens (including phenoxy) is 1. The van der Waals surface area contributed by atoms with Gasteiger partial charge in [0.2, 0.25) is 0 Å². The maximum Gasteiger partial charge on any atom is 0.409 e. The number of aryl methyl sites for hydroxylation is 1. The molecule has 1 N–H and O–H groups in total. The van der Waals surface area contributed by atoms with Crippen LogP contribution in [-0.2, 0) is 11.2 Å². The molecule has 0 aliphatic carbocycles. The number of hydrogen-bond acceptors (Lipinski definition) is 3. The number of nitrogens with one attached hydrogen (secondary N) is 1. The summed E-state index contributed by atoms with van der Waals surface area (Å²) in [4.78, 5) is 14.4. The minimum absolute atomic E-state index is 0.182. The van der Waals surface area contributed by atoms with Gasteiger partial charge in [0.1, 0.15) is 0 Å². The first-order chi connectivity index (χ1) is 16.8. The monoisotopic (exact) mass is 630 g/mol. The van der Waals surface area contributed by atoms with Crippen LogP contribution in [0.25, 0.3) is 0 Å². The predicted molar refractivity (Wildman–Crippen MR) is 156 cm³/mol. The van der Waals surface area contributed by atoms with Gasteiger partial charge in [-0.2, -0.15) is 0 Å². The van der Waals surface area contributed by atoms with E-state index in [0.717, 1.165) is 48.3 Å². The van der Waals surface area contributed by atoms with Gasteiger partial charge in [0.15, 0.2) is 0 Å². The topological polar surface area (TPSA) is 41.6 Å². The molecule has 0 bridgehead atoms. The van der Waals surface area contributed by atoms with Crippen LogP contribution in [0.5, 0.6) is 0 Å². The van der Waals surface area contributed by atoms with Gasteiger partial charge in [-0.3, -0.25) is 0 Å². The highest BCUT2D eigenvalue weighted by Gasteiger charge is 2.38. The number of amides is 1. The third kappa shape index (κ3) is 8.00. The van der Waals surface area contributed by atoms with E-state index in [1.54, 1.807) is 0 Å². The van der Waals surface area contributed by atoms with Gasteiger partial charge in [0.25, 0.3) is 0 Å². The molecule has 1 aromatic carbocycles. The maximum atomic E-state index is 12.3. The molecule has 1 amide bonds. The molecule has 2 aliphatic heterocycles. The third-order valence-electron chi connectivity index (χ3n) is 6.59. The van der Waals surface area contributed by atoms with Crippen molar-refractivity contribution in [3.05, 3.63) is 56.7 Å². The van der Waals surface area contributed by atoms with Crippen LogP contribution in [-0.4, -0.2) is 41.6 Å². The second-order valence-corrected chi connectivity index (χ2v) is 11.5. The quantitative estimate of drug-likeness (QED) is 0.306. The number of hydrogen-bond donors (Lipinski definition) is 1. The van der Waals surface area contributed by atoms with Crippen molar-refractivity contribution in [2.45, 2.75) is 83.5 Å². The van der Waals surface area contributed by atoms with Crippen molar-refractivity contribution in [3.8, 4) is 0 Å². The zero-order valence-corrected chi connectivity index (χ0v) is 25.7. The molecule has 0 aromatic heterocycles. The minimum Gasteiger partial charge on any atom is -0.450 e. The van der Waals surface area contributed by atoms with Crippen molar-refractivity contribution in [2.24, 2.45) is 5.92 Å². The SMILES string of the molecule is CCC.CCOC(=O)N1CCC(C(c2cc(Br)c(Cl)cc2CC)C2NC=CC=C2C(Br)CC)CC1. The molecule has 4 nitrogen and oxygen atoms in total. The summed E-state index contributed by atoms with van der Waals surface area (Å²) in [5.41, 5.74) is 4.00. The van der Waals surface area contributed by atoms with Gasteiger partial charge in [-0.05, 0) is 95.6 Å². The third-order valence-corrected chi connectivity index (χ3v) is 8.97. The summed E-state index contributed by atoms with van der Waals surface area (Å²) in [6.45, 7) is 12.4. The number of dihydropyridines is 1. The number of rotatable bonds is 7. The molecule has 2 aliphatic rings. The van der Waals surface area contributed by atoms with Gasteiger partial charge in [0, 0.05) is 28.3 Å². The van der Waals surface area contributed by atoms with Crippen LogP contribution in [0.15, 0.2) is 40.5 Å². The van der Waals surface area contributed by atoms with E-state index in [9.17, 15) is 4.79 Å². The fourth-order valence-corrected chi connectivity index (χ4v) is 5.93. The summed E-state index contributed by atoms with van der Waals surface area (Å²) in [5.74, 6) is 0.702. The summed E-state index contributed by atoms with van der Waals surface area (Å²) in [6, 6.07) is 4.51. The molecular formula is C28H41Br2ClN2O2. The summed E-state index contributed by atoms with van der Waals surface area (Å²) in [7, 11) is 0. The van der Waals surface area contributed by atoms with Crippen LogP contribution in [0.2, 0.25) is 5.02 Å². The van der Waals surface area contributed by atoms with Gasteiger partial charge >= 0.3 is 6.09 Å². The lowest BCUT2D eigenvalue weighted by atomic mass is 9.71. The normalized spacial score (nSPS) is 19.7. The van der Waals surface area contributed by atoms with E-state index in [-0.39, 0.29) is 18.1 Å². The van der Waals surface area contributed by atoms with Crippen molar-refractivity contribution >= 4 is 49.6 Å².